The van der Waals surface area contributed by atoms with Crippen LogP contribution in [-0.2, 0) is 6.18 Å². The highest BCUT2D eigenvalue weighted by Crippen LogP contribution is 2.35. The second-order valence-corrected chi connectivity index (χ2v) is 4.89. The summed E-state index contributed by atoms with van der Waals surface area (Å²) in [6.07, 6.45) is -1.72. The van der Waals surface area contributed by atoms with Gasteiger partial charge in [-0.15, -0.1) is 0 Å². The monoisotopic (exact) mass is 337 g/mol. The molecule has 3 rings (SSSR count). The van der Waals surface area contributed by atoms with Gasteiger partial charge in [-0.3, -0.25) is 5.32 Å². The van der Waals surface area contributed by atoms with E-state index >= 15 is 0 Å². The molecule has 0 aromatic carbocycles. The van der Waals surface area contributed by atoms with Crippen molar-refractivity contribution in [3.8, 4) is 11.1 Å². The first kappa shape index (κ1) is 15.6. The van der Waals surface area contributed by atoms with Crippen molar-refractivity contribution < 1.29 is 23.1 Å². The zero-order valence-corrected chi connectivity index (χ0v) is 11.9. The number of pyridine rings is 2. The number of nitrogens with one attached hydrogen (secondary N) is 1. The van der Waals surface area contributed by atoms with Gasteiger partial charge in [0.2, 0.25) is 0 Å². The molecule has 0 spiro atoms. The van der Waals surface area contributed by atoms with Crippen molar-refractivity contribution in [3.63, 3.8) is 0 Å². The lowest BCUT2D eigenvalue weighted by Crippen LogP contribution is -2.10. The van der Waals surface area contributed by atoms with Crippen LogP contribution in [0, 0.1) is 0 Å². The lowest BCUT2D eigenvalue weighted by molar-refractivity contribution is -0.137. The van der Waals surface area contributed by atoms with Gasteiger partial charge in [-0.1, -0.05) is 0 Å². The van der Waals surface area contributed by atoms with Crippen molar-refractivity contribution in [2.24, 2.45) is 0 Å². The molecule has 0 bridgehead atoms. The molecular weight excluding hydrogens is 327 g/mol. The Hall–Kier alpha value is -3.30. The molecule has 24 heavy (non-hydrogen) atoms. The lowest BCUT2D eigenvalue weighted by Gasteiger charge is -2.11. The molecule has 3 aromatic rings. The van der Waals surface area contributed by atoms with Crippen LogP contribution < -0.4 is 11.1 Å². The Labute approximate surface area is 132 Å². The third kappa shape index (κ3) is 2.93. The molecule has 0 fully saturated rings. The minimum atomic E-state index is -4.61. The van der Waals surface area contributed by atoms with E-state index in [1.807, 2.05) is 0 Å². The second-order valence-electron chi connectivity index (χ2n) is 4.89. The van der Waals surface area contributed by atoms with Crippen LogP contribution in [0.4, 0.5) is 29.6 Å². The fourth-order valence-corrected chi connectivity index (χ4v) is 2.19. The number of amides is 1. The van der Waals surface area contributed by atoms with E-state index in [2.05, 4.69) is 15.3 Å². The van der Waals surface area contributed by atoms with Crippen molar-refractivity contribution in [1.29, 1.82) is 0 Å². The van der Waals surface area contributed by atoms with Crippen LogP contribution in [0.25, 0.3) is 16.8 Å². The highest BCUT2D eigenvalue weighted by molar-refractivity contribution is 5.82. The summed E-state index contributed by atoms with van der Waals surface area (Å²) in [5.74, 6) is -0.492. The van der Waals surface area contributed by atoms with E-state index in [-0.39, 0.29) is 11.4 Å². The Bertz CT molecular complexity index is 936. The predicted octanol–water partition coefficient (Wildman–Crippen LogP) is 3.09. The molecule has 7 nitrogen and oxygen atoms in total. The number of imidazole rings is 1. The van der Waals surface area contributed by atoms with E-state index in [1.165, 1.54) is 23.0 Å². The Balaban J connectivity index is 2.05. The van der Waals surface area contributed by atoms with Gasteiger partial charge in [0.25, 0.3) is 0 Å². The molecule has 0 atom stereocenters. The molecular formula is C14H10F3N5O2. The zero-order valence-electron chi connectivity index (χ0n) is 11.9. The van der Waals surface area contributed by atoms with Gasteiger partial charge in [-0.05, 0) is 18.2 Å². The Morgan fingerprint density at radius 3 is 2.67 bits per heavy atom. The van der Waals surface area contributed by atoms with Crippen molar-refractivity contribution in [3.05, 3.63) is 42.4 Å². The van der Waals surface area contributed by atoms with Gasteiger partial charge in [0.1, 0.15) is 11.5 Å². The average molecular weight is 337 g/mol. The van der Waals surface area contributed by atoms with Crippen LogP contribution in [0.3, 0.4) is 0 Å². The third-order valence-electron chi connectivity index (χ3n) is 3.24. The maximum absolute atomic E-state index is 12.9. The molecule has 0 unspecified atom stereocenters. The van der Waals surface area contributed by atoms with Gasteiger partial charge < -0.3 is 15.2 Å². The van der Waals surface area contributed by atoms with Gasteiger partial charge in [0.05, 0.1) is 11.8 Å². The summed E-state index contributed by atoms with van der Waals surface area (Å²) in [6, 6.07) is 4.02. The molecule has 0 aliphatic carbocycles. The van der Waals surface area contributed by atoms with Gasteiger partial charge in [0.15, 0.2) is 5.82 Å². The summed E-state index contributed by atoms with van der Waals surface area (Å²) in [6.45, 7) is 0. The summed E-state index contributed by atoms with van der Waals surface area (Å²) in [5, 5.41) is 10.8. The number of nitrogens with zero attached hydrogens (tertiary/aromatic N) is 3. The normalized spacial score (nSPS) is 11.6. The smallest absolute Gasteiger partial charge is 0.419 e. The largest absolute Gasteiger partial charge is 0.465 e. The van der Waals surface area contributed by atoms with Crippen molar-refractivity contribution >= 4 is 23.4 Å². The summed E-state index contributed by atoms with van der Waals surface area (Å²) in [4.78, 5) is 18.2. The summed E-state index contributed by atoms with van der Waals surface area (Å²) in [7, 11) is 0. The molecule has 1 amide bonds. The molecule has 3 aromatic heterocycles. The van der Waals surface area contributed by atoms with Crippen LogP contribution in [0.5, 0.6) is 0 Å². The SMILES string of the molecule is Nc1ncc(-c2ccc3nc(NC(=O)O)cn3c2)cc1C(F)(F)F. The zero-order chi connectivity index (χ0) is 17.5. The molecule has 10 heteroatoms. The first-order valence-electron chi connectivity index (χ1n) is 6.56. The average Bonchev–Trinajstić information content (AvgIpc) is 2.86. The van der Waals surface area contributed by atoms with Gasteiger partial charge in [-0.2, -0.15) is 13.2 Å². The molecule has 0 saturated carbocycles. The molecule has 3 heterocycles. The van der Waals surface area contributed by atoms with E-state index in [9.17, 15) is 18.0 Å². The number of hydrogen-bond acceptors (Lipinski definition) is 4. The number of carboxylic acid groups (broad SMARTS) is 1. The molecule has 124 valence electrons. The van der Waals surface area contributed by atoms with Crippen molar-refractivity contribution in [2.45, 2.75) is 6.18 Å². The molecule has 0 radical (unpaired) electrons. The first-order chi connectivity index (χ1) is 11.2. The van der Waals surface area contributed by atoms with Gasteiger partial charge in [-0.25, -0.2) is 14.8 Å². The first-order valence-corrected chi connectivity index (χ1v) is 6.56. The summed E-state index contributed by atoms with van der Waals surface area (Å²) < 4.78 is 40.3. The fraction of sp³-hybridized carbons (Fsp3) is 0.0714. The van der Waals surface area contributed by atoms with Crippen LogP contribution in [0.1, 0.15) is 5.56 Å². The number of nitrogens with two attached hydrogens (primary N) is 1. The molecule has 0 saturated heterocycles. The van der Waals surface area contributed by atoms with Crippen molar-refractivity contribution in [2.75, 3.05) is 11.1 Å². The van der Waals surface area contributed by atoms with Crippen LogP contribution in [0.15, 0.2) is 36.8 Å². The number of aromatic nitrogens is 3. The molecule has 0 aliphatic heterocycles. The maximum atomic E-state index is 12.9. The van der Waals surface area contributed by atoms with Gasteiger partial charge in [0, 0.05) is 23.5 Å². The van der Waals surface area contributed by atoms with Crippen LogP contribution in [0.2, 0.25) is 0 Å². The fourth-order valence-electron chi connectivity index (χ4n) is 2.19. The van der Waals surface area contributed by atoms with E-state index in [0.29, 0.717) is 11.2 Å². The summed E-state index contributed by atoms with van der Waals surface area (Å²) >= 11 is 0. The minimum absolute atomic E-state index is 0.103. The number of carbonyl (C=O) groups is 1. The summed E-state index contributed by atoms with van der Waals surface area (Å²) in [5.41, 5.74) is 5.37. The Kier molecular flexibility index (Phi) is 3.51. The number of rotatable bonds is 2. The topological polar surface area (TPSA) is 106 Å². The number of alkyl halides is 3. The van der Waals surface area contributed by atoms with E-state index in [1.54, 1.807) is 12.1 Å². The number of hydrogen-bond donors (Lipinski definition) is 3. The van der Waals surface area contributed by atoms with E-state index in [0.717, 1.165) is 6.07 Å². The van der Waals surface area contributed by atoms with Crippen LogP contribution in [-0.4, -0.2) is 25.6 Å². The second kappa shape index (κ2) is 5.41. The highest BCUT2D eigenvalue weighted by atomic mass is 19.4. The van der Waals surface area contributed by atoms with E-state index in [4.69, 9.17) is 10.8 Å². The molecule has 0 aliphatic rings. The van der Waals surface area contributed by atoms with Crippen LogP contribution >= 0.6 is 0 Å². The Morgan fingerprint density at radius 1 is 1.25 bits per heavy atom. The minimum Gasteiger partial charge on any atom is -0.465 e. The van der Waals surface area contributed by atoms with Gasteiger partial charge >= 0.3 is 12.3 Å². The quantitative estimate of drug-likeness (QED) is 0.666. The number of fused-ring (bicyclic) bond motifs is 1. The lowest BCUT2D eigenvalue weighted by atomic mass is 10.1. The number of halogens is 3. The number of nitrogen functional groups attached to an aromatic ring is 1. The number of anilines is 2. The standard InChI is InChI=1S/C14H10F3N5O2/c15-14(16,17)9-3-8(4-19-12(9)18)7-1-2-11-20-10(21-13(23)24)6-22(11)5-7/h1-6,21H,(H2,18,19)(H,23,24). The molecule has 4 N–H and O–H groups in total. The maximum Gasteiger partial charge on any atom is 0.419 e. The highest BCUT2D eigenvalue weighted by Gasteiger charge is 2.34. The predicted molar refractivity (Wildman–Crippen MR) is 79.5 cm³/mol. The van der Waals surface area contributed by atoms with E-state index < -0.39 is 23.7 Å². The van der Waals surface area contributed by atoms with Crippen molar-refractivity contribution in [1.82, 2.24) is 14.4 Å². The Morgan fingerprint density at radius 2 is 2.00 bits per heavy atom. The third-order valence-corrected chi connectivity index (χ3v) is 3.24.